The molecule has 1 unspecified atom stereocenters. The van der Waals surface area contributed by atoms with Gasteiger partial charge in [0.15, 0.2) is 0 Å². The van der Waals surface area contributed by atoms with Gasteiger partial charge in [0.25, 0.3) is 0 Å². The minimum absolute atomic E-state index is 0.0366. The van der Waals surface area contributed by atoms with Gasteiger partial charge in [0.1, 0.15) is 6.04 Å². The summed E-state index contributed by atoms with van der Waals surface area (Å²) in [6.45, 7) is 3.01. The molecule has 3 N–H and O–H groups in total. The number of carbonyl (C=O) groups excluding carboxylic acids is 2. The van der Waals surface area contributed by atoms with Crippen molar-refractivity contribution < 1.29 is 9.59 Å². The van der Waals surface area contributed by atoms with E-state index in [1.54, 1.807) is 4.90 Å². The van der Waals surface area contributed by atoms with Crippen LogP contribution in [-0.4, -0.2) is 30.9 Å². The molecule has 0 aliphatic carbocycles. The van der Waals surface area contributed by atoms with Crippen LogP contribution in [0.2, 0.25) is 0 Å². The lowest BCUT2D eigenvalue weighted by Crippen LogP contribution is -2.52. The van der Waals surface area contributed by atoms with Gasteiger partial charge in [-0.2, -0.15) is 0 Å². The lowest BCUT2D eigenvalue weighted by Gasteiger charge is -2.32. The molecule has 0 bridgehead atoms. The van der Waals surface area contributed by atoms with Crippen LogP contribution in [-0.2, 0) is 9.59 Å². The normalized spacial score (nSPS) is 19.0. The van der Waals surface area contributed by atoms with E-state index in [-0.39, 0.29) is 18.2 Å². The van der Waals surface area contributed by atoms with Crippen molar-refractivity contribution in [3.8, 4) is 0 Å². The molecule has 0 radical (unpaired) electrons. The van der Waals surface area contributed by atoms with E-state index >= 15 is 0 Å². The Kier molecular flexibility index (Phi) is 4.74. The van der Waals surface area contributed by atoms with Gasteiger partial charge in [-0.1, -0.05) is 17.7 Å². The highest BCUT2D eigenvalue weighted by atomic mass is 16.2. The third kappa shape index (κ3) is 3.36. The molecule has 108 valence electrons. The molecule has 0 spiro atoms. The first-order valence-electron chi connectivity index (χ1n) is 6.99. The molecular formula is C15H21N3O2. The Bertz CT molecular complexity index is 484. The van der Waals surface area contributed by atoms with Crippen LogP contribution >= 0.6 is 0 Å². The Morgan fingerprint density at radius 1 is 1.40 bits per heavy atom. The van der Waals surface area contributed by atoms with E-state index in [9.17, 15) is 9.59 Å². The molecular weight excluding hydrogens is 254 g/mol. The van der Waals surface area contributed by atoms with Gasteiger partial charge in [0.2, 0.25) is 11.8 Å². The predicted octanol–water partition coefficient (Wildman–Crippen LogP) is 0.955. The fraction of sp³-hybridized carbons (Fsp3) is 0.467. The molecule has 5 heteroatoms. The molecule has 1 heterocycles. The van der Waals surface area contributed by atoms with Crippen molar-refractivity contribution in [2.24, 2.45) is 5.73 Å². The monoisotopic (exact) mass is 275 g/mol. The summed E-state index contributed by atoms with van der Waals surface area (Å²) in [7, 11) is 0. The summed E-state index contributed by atoms with van der Waals surface area (Å²) in [6.07, 6.45) is 1.83. The number of rotatable bonds is 4. The number of anilines is 1. The Morgan fingerprint density at radius 2 is 2.10 bits per heavy atom. The van der Waals surface area contributed by atoms with Crippen LogP contribution in [0.5, 0.6) is 0 Å². The first-order valence-corrected chi connectivity index (χ1v) is 6.99. The second-order valence-corrected chi connectivity index (χ2v) is 5.13. The standard InChI is InChI=1S/C15H21N3O2/c1-11-4-6-12(7-5-11)18-10-2-3-13(15(18)20)17-14(19)8-9-16/h4-7,13H,2-3,8-10,16H2,1H3,(H,17,19). The lowest BCUT2D eigenvalue weighted by molar-refractivity contribution is -0.128. The minimum Gasteiger partial charge on any atom is -0.344 e. The van der Waals surface area contributed by atoms with Gasteiger partial charge in [-0.3, -0.25) is 9.59 Å². The Morgan fingerprint density at radius 3 is 2.75 bits per heavy atom. The molecule has 5 nitrogen and oxygen atoms in total. The second kappa shape index (κ2) is 6.52. The van der Waals surface area contributed by atoms with Gasteiger partial charge in [0, 0.05) is 25.2 Å². The summed E-state index contributed by atoms with van der Waals surface area (Å²) in [5.41, 5.74) is 7.39. The molecule has 1 atom stereocenters. The van der Waals surface area contributed by atoms with Gasteiger partial charge in [-0.05, 0) is 31.9 Å². The van der Waals surface area contributed by atoms with E-state index in [2.05, 4.69) is 5.32 Å². The fourth-order valence-electron chi connectivity index (χ4n) is 2.39. The maximum atomic E-state index is 12.4. The SMILES string of the molecule is Cc1ccc(N2CCCC(NC(=O)CCN)C2=O)cc1. The van der Waals surface area contributed by atoms with Crippen molar-refractivity contribution in [1.82, 2.24) is 5.32 Å². The number of carbonyl (C=O) groups is 2. The van der Waals surface area contributed by atoms with E-state index in [0.29, 0.717) is 19.5 Å². The Labute approximate surface area is 119 Å². The molecule has 2 rings (SSSR count). The molecule has 2 amide bonds. The minimum atomic E-state index is -0.427. The first kappa shape index (κ1) is 14.5. The van der Waals surface area contributed by atoms with Crippen LogP contribution in [0.15, 0.2) is 24.3 Å². The highest BCUT2D eigenvalue weighted by Crippen LogP contribution is 2.21. The zero-order chi connectivity index (χ0) is 14.5. The van der Waals surface area contributed by atoms with Crippen LogP contribution in [0.1, 0.15) is 24.8 Å². The average Bonchev–Trinajstić information content (AvgIpc) is 2.43. The molecule has 0 saturated carbocycles. The summed E-state index contributed by atoms with van der Waals surface area (Å²) in [5, 5.41) is 2.77. The molecule has 1 aliphatic rings. The summed E-state index contributed by atoms with van der Waals surface area (Å²) >= 11 is 0. The van der Waals surface area contributed by atoms with Crippen LogP contribution in [0.3, 0.4) is 0 Å². The van der Waals surface area contributed by atoms with E-state index in [1.165, 1.54) is 0 Å². The maximum absolute atomic E-state index is 12.4. The van der Waals surface area contributed by atoms with Gasteiger partial charge in [-0.25, -0.2) is 0 Å². The topological polar surface area (TPSA) is 75.4 Å². The number of hydrogen-bond donors (Lipinski definition) is 2. The summed E-state index contributed by atoms with van der Waals surface area (Å²) < 4.78 is 0. The molecule has 1 fully saturated rings. The van der Waals surface area contributed by atoms with E-state index in [4.69, 9.17) is 5.73 Å². The third-order valence-corrected chi connectivity index (χ3v) is 3.49. The number of nitrogens with one attached hydrogen (secondary N) is 1. The Hall–Kier alpha value is -1.88. The zero-order valence-corrected chi connectivity index (χ0v) is 11.8. The molecule has 1 saturated heterocycles. The van der Waals surface area contributed by atoms with Crippen molar-refractivity contribution in [2.45, 2.75) is 32.2 Å². The fourth-order valence-corrected chi connectivity index (χ4v) is 2.39. The largest absolute Gasteiger partial charge is 0.344 e. The molecule has 1 aromatic rings. The molecule has 0 aromatic heterocycles. The Balaban J connectivity index is 2.06. The number of piperidine rings is 1. The maximum Gasteiger partial charge on any atom is 0.249 e. The smallest absolute Gasteiger partial charge is 0.249 e. The number of amides is 2. The summed E-state index contributed by atoms with van der Waals surface area (Å²) in [4.78, 5) is 25.8. The van der Waals surface area contributed by atoms with Crippen molar-refractivity contribution in [2.75, 3.05) is 18.0 Å². The van der Waals surface area contributed by atoms with Crippen molar-refractivity contribution in [1.29, 1.82) is 0 Å². The predicted molar refractivity (Wildman–Crippen MR) is 78.4 cm³/mol. The summed E-state index contributed by atoms with van der Waals surface area (Å²) in [5.74, 6) is -0.193. The van der Waals surface area contributed by atoms with Crippen molar-refractivity contribution in [3.05, 3.63) is 29.8 Å². The highest BCUT2D eigenvalue weighted by molar-refractivity contribution is 5.99. The van der Waals surface area contributed by atoms with Crippen molar-refractivity contribution in [3.63, 3.8) is 0 Å². The van der Waals surface area contributed by atoms with Crippen LogP contribution in [0.4, 0.5) is 5.69 Å². The zero-order valence-electron chi connectivity index (χ0n) is 11.8. The van der Waals surface area contributed by atoms with E-state index in [1.807, 2.05) is 31.2 Å². The van der Waals surface area contributed by atoms with Crippen LogP contribution < -0.4 is 16.0 Å². The third-order valence-electron chi connectivity index (χ3n) is 3.49. The highest BCUT2D eigenvalue weighted by Gasteiger charge is 2.30. The number of nitrogens with zero attached hydrogens (tertiary/aromatic N) is 1. The molecule has 20 heavy (non-hydrogen) atoms. The summed E-state index contributed by atoms with van der Waals surface area (Å²) in [6, 6.07) is 7.43. The van der Waals surface area contributed by atoms with Gasteiger partial charge in [0.05, 0.1) is 0 Å². The van der Waals surface area contributed by atoms with E-state index < -0.39 is 6.04 Å². The van der Waals surface area contributed by atoms with Crippen LogP contribution in [0.25, 0.3) is 0 Å². The molecule has 1 aliphatic heterocycles. The van der Waals surface area contributed by atoms with Crippen molar-refractivity contribution >= 4 is 17.5 Å². The molecule has 1 aromatic carbocycles. The second-order valence-electron chi connectivity index (χ2n) is 5.13. The van der Waals surface area contributed by atoms with Gasteiger partial charge in [-0.15, -0.1) is 0 Å². The number of nitrogens with two attached hydrogens (primary N) is 1. The van der Waals surface area contributed by atoms with Gasteiger partial charge >= 0.3 is 0 Å². The quantitative estimate of drug-likeness (QED) is 0.859. The van der Waals surface area contributed by atoms with E-state index in [0.717, 1.165) is 17.7 Å². The lowest BCUT2D eigenvalue weighted by atomic mass is 10.0. The number of benzene rings is 1. The first-order chi connectivity index (χ1) is 9.61. The average molecular weight is 275 g/mol. The van der Waals surface area contributed by atoms with Gasteiger partial charge < -0.3 is 16.0 Å². The van der Waals surface area contributed by atoms with Crippen LogP contribution in [0, 0.1) is 6.92 Å². The number of hydrogen-bond acceptors (Lipinski definition) is 3. The number of aryl methyl sites for hydroxylation is 1.